The van der Waals surface area contributed by atoms with E-state index < -0.39 is 0 Å². The lowest BCUT2D eigenvalue weighted by Crippen LogP contribution is -2.22. The van der Waals surface area contributed by atoms with Crippen molar-refractivity contribution in [1.82, 2.24) is 14.9 Å². The zero-order valence-electron chi connectivity index (χ0n) is 11.5. The van der Waals surface area contributed by atoms with Crippen molar-refractivity contribution in [2.45, 2.75) is 58.5 Å². The van der Waals surface area contributed by atoms with Gasteiger partial charge in [0.25, 0.3) is 0 Å². The van der Waals surface area contributed by atoms with Gasteiger partial charge in [0, 0.05) is 30.4 Å². The summed E-state index contributed by atoms with van der Waals surface area (Å²) < 4.78 is 2.36. The molecule has 2 heterocycles. The fraction of sp³-hybridized carbons (Fsp3) is 0.769. The van der Waals surface area contributed by atoms with Crippen LogP contribution in [0.25, 0.3) is 0 Å². The summed E-state index contributed by atoms with van der Waals surface area (Å²) in [6.07, 6.45) is 6.99. The minimum Gasteiger partial charge on any atom is -0.330 e. The molecule has 1 saturated heterocycles. The van der Waals surface area contributed by atoms with E-state index in [2.05, 4.69) is 35.6 Å². The van der Waals surface area contributed by atoms with Crippen molar-refractivity contribution >= 4 is 24.8 Å². The molecule has 5 heteroatoms. The zero-order chi connectivity index (χ0) is 11.5. The van der Waals surface area contributed by atoms with Crippen LogP contribution in [0.3, 0.4) is 0 Å². The normalized spacial score (nSPS) is 18.6. The molecular weight excluding hydrogens is 269 g/mol. The van der Waals surface area contributed by atoms with Crippen LogP contribution in [0.1, 0.15) is 50.7 Å². The third kappa shape index (κ3) is 4.15. The Morgan fingerprint density at radius 2 is 2.17 bits per heavy atom. The van der Waals surface area contributed by atoms with Crippen molar-refractivity contribution in [2.24, 2.45) is 0 Å². The van der Waals surface area contributed by atoms with Gasteiger partial charge >= 0.3 is 0 Å². The number of imidazole rings is 1. The highest BCUT2D eigenvalue weighted by atomic mass is 35.5. The van der Waals surface area contributed by atoms with Gasteiger partial charge in [-0.15, -0.1) is 24.8 Å². The first kappa shape index (κ1) is 17.8. The Labute approximate surface area is 123 Å². The molecule has 1 aliphatic rings. The first-order valence-electron chi connectivity index (χ1n) is 6.44. The number of halogens is 2. The number of nitrogens with zero attached hydrogens (tertiary/aromatic N) is 2. The van der Waals surface area contributed by atoms with E-state index in [0.29, 0.717) is 6.04 Å². The van der Waals surface area contributed by atoms with E-state index in [1.54, 1.807) is 0 Å². The van der Waals surface area contributed by atoms with Crippen LogP contribution in [0.5, 0.6) is 0 Å². The van der Waals surface area contributed by atoms with E-state index >= 15 is 0 Å². The van der Waals surface area contributed by atoms with Gasteiger partial charge in [-0.1, -0.05) is 0 Å². The Hall–Kier alpha value is -0.250. The summed E-state index contributed by atoms with van der Waals surface area (Å²) in [4.78, 5) is 4.53. The van der Waals surface area contributed by atoms with Gasteiger partial charge < -0.3 is 9.88 Å². The molecule has 0 aliphatic carbocycles. The van der Waals surface area contributed by atoms with Gasteiger partial charge in [-0.05, 0) is 46.6 Å². The average molecular weight is 294 g/mol. The second kappa shape index (κ2) is 8.03. The second-order valence-electron chi connectivity index (χ2n) is 5.11. The molecule has 0 bridgehead atoms. The fourth-order valence-electron chi connectivity index (χ4n) is 2.69. The average Bonchev–Trinajstić information content (AvgIpc) is 2.83. The smallest absolute Gasteiger partial charge is 0.109 e. The topological polar surface area (TPSA) is 29.9 Å². The largest absolute Gasteiger partial charge is 0.330 e. The Bertz CT molecular complexity index is 344. The van der Waals surface area contributed by atoms with Crippen LogP contribution < -0.4 is 5.32 Å². The zero-order valence-corrected chi connectivity index (χ0v) is 13.1. The Morgan fingerprint density at radius 1 is 1.44 bits per heavy atom. The number of aryl methyl sites for hydroxylation is 2. The molecule has 0 aromatic carbocycles. The highest BCUT2D eigenvalue weighted by Crippen LogP contribution is 2.17. The summed E-state index contributed by atoms with van der Waals surface area (Å²) in [5, 5.41) is 3.55. The summed E-state index contributed by atoms with van der Waals surface area (Å²) in [6.45, 7) is 7.80. The van der Waals surface area contributed by atoms with Crippen LogP contribution in [0.4, 0.5) is 0 Å². The number of hydrogen-bond acceptors (Lipinski definition) is 2. The summed E-state index contributed by atoms with van der Waals surface area (Å²) in [6, 6.07) is 1.24. The molecule has 0 radical (unpaired) electrons. The van der Waals surface area contributed by atoms with Crippen LogP contribution in [0, 0.1) is 6.92 Å². The summed E-state index contributed by atoms with van der Waals surface area (Å²) >= 11 is 0. The Kier molecular flexibility index (Phi) is 7.92. The minimum absolute atomic E-state index is 0. The number of aromatic nitrogens is 2. The van der Waals surface area contributed by atoms with Gasteiger partial charge in [-0.2, -0.15) is 0 Å². The van der Waals surface area contributed by atoms with Crippen LogP contribution in [-0.2, 0) is 6.42 Å². The van der Waals surface area contributed by atoms with Gasteiger partial charge in [0.2, 0.25) is 0 Å². The Morgan fingerprint density at radius 3 is 2.72 bits per heavy atom. The molecule has 1 aliphatic heterocycles. The molecule has 1 fully saturated rings. The maximum atomic E-state index is 4.53. The molecule has 0 spiro atoms. The van der Waals surface area contributed by atoms with E-state index in [1.165, 1.54) is 37.3 Å². The highest BCUT2D eigenvalue weighted by Gasteiger charge is 2.16. The molecular formula is C13H25Cl2N3. The molecule has 1 N–H and O–H groups in total. The maximum absolute atomic E-state index is 4.53. The highest BCUT2D eigenvalue weighted by molar-refractivity contribution is 5.85. The fourth-order valence-corrected chi connectivity index (χ4v) is 2.69. The number of hydrogen-bond donors (Lipinski definition) is 1. The van der Waals surface area contributed by atoms with Gasteiger partial charge in [-0.3, -0.25) is 0 Å². The minimum atomic E-state index is 0. The van der Waals surface area contributed by atoms with Crippen molar-refractivity contribution in [3.8, 4) is 0 Å². The maximum Gasteiger partial charge on any atom is 0.109 e. The van der Waals surface area contributed by atoms with E-state index in [4.69, 9.17) is 0 Å². The van der Waals surface area contributed by atoms with E-state index in [0.717, 1.165) is 12.5 Å². The lowest BCUT2D eigenvalue weighted by molar-refractivity contribution is 0.511. The van der Waals surface area contributed by atoms with Crippen molar-refractivity contribution in [3.63, 3.8) is 0 Å². The van der Waals surface area contributed by atoms with Crippen LogP contribution >= 0.6 is 24.8 Å². The van der Waals surface area contributed by atoms with E-state index in [-0.39, 0.29) is 24.8 Å². The first-order valence-corrected chi connectivity index (χ1v) is 6.44. The Balaban J connectivity index is 0.00000144. The molecule has 1 aromatic rings. The quantitative estimate of drug-likeness (QED) is 0.923. The van der Waals surface area contributed by atoms with E-state index in [1.807, 2.05) is 6.20 Å². The molecule has 1 atom stereocenters. The summed E-state index contributed by atoms with van der Waals surface area (Å²) in [7, 11) is 0. The van der Waals surface area contributed by atoms with Crippen LogP contribution in [0.2, 0.25) is 0 Å². The van der Waals surface area contributed by atoms with Crippen molar-refractivity contribution in [1.29, 1.82) is 0 Å². The molecule has 0 saturated carbocycles. The van der Waals surface area contributed by atoms with Crippen molar-refractivity contribution < 1.29 is 0 Å². The lowest BCUT2D eigenvalue weighted by Gasteiger charge is -2.15. The van der Waals surface area contributed by atoms with Gasteiger partial charge in [-0.25, -0.2) is 4.98 Å². The SMILES string of the molecule is Cc1cnc(CCC2CCCN2)n1C(C)C.Cl.Cl. The molecule has 106 valence electrons. The van der Waals surface area contributed by atoms with Gasteiger partial charge in [0.1, 0.15) is 5.82 Å². The molecule has 18 heavy (non-hydrogen) atoms. The lowest BCUT2D eigenvalue weighted by atomic mass is 10.1. The third-order valence-electron chi connectivity index (χ3n) is 3.45. The standard InChI is InChI=1S/C13H23N3.2ClH/c1-10(2)16-11(3)9-15-13(16)7-6-12-5-4-8-14-12;;/h9-10,12,14H,4-8H2,1-3H3;2*1H. The van der Waals surface area contributed by atoms with Crippen molar-refractivity contribution in [2.75, 3.05) is 6.54 Å². The molecule has 1 unspecified atom stereocenters. The monoisotopic (exact) mass is 293 g/mol. The van der Waals surface area contributed by atoms with Gasteiger partial charge in [0.15, 0.2) is 0 Å². The van der Waals surface area contributed by atoms with Crippen LogP contribution in [-0.4, -0.2) is 22.1 Å². The second-order valence-corrected chi connectivity index (χ2v) is 5.11. The number of nitrogens with one attached hydrogen (secondary N) is 1. The predicted molar refractivity (Wildman–Crippen MR) is 81.2 cm³/mol. The molecule has 2 rings (SSSR count). The van der Waals surface area contributed by atoms with Crippen molar-refractivity contribution in [3.05, 3.63) is 17.7 Å². The summed E-state index contributed by atoms with van der Waals surface area (Å²) in [5.74, 6) is 1.25. The number of rotatable bonds is 4. The summed E-state index contributed by atoms with van der Waals surface area (Å²) in [5.41, 5.74) is 1.28. The molecule has 0 amide bonds. The molecule has 3 nitrogen and oxygen atoms in total. The van der Waals surface area contributed by atoms with E-state index in [9.17, 15) is 0 Å². The molecule has 1 aromatic heterocycles. The first-order chi connectivity index (χ1) is 7.68. The predicted octanol–water partition coefficient (Wildman–Crippen LogP) is 3.30. The third-order valence-corrected chi connectivity index (χ3v) is 3.45. The van der Waals surface area contributed by atoms with Gasteiger partial charge in [0.05, 0.1) is 0 Å². The van der Waals surface area contributed by atoms with Crippen LogP contribution in [0.15, 0.2) is 6.20 Å².